The number of rotatable bonds is 7. The highest BCUT2D eigenvalue weighted by Crippen LogP contribution is 2.43. The van der Waals surface area contributed by atoms with Crippen LogP contribution in [0.2, 0.25) is 0 Å². The molecule has 2 aromatic heterocycles. The molecule has 8 rings (SSSR count). The molecule has 0 aliphatic carbocycles. The van der Waals surface area contributed by atoms with Gasteiger partial charge in [-0.3, -0.25) is 0 Å². The maximum atomic E-state index is 5.22. The minimum atomic E-state index is 0.929. The Hall–Kier alpha value is -6.26. The first kappa shape index (κ1) is 27.3. The summed E-state index contributed by atoms with van der Waals surface area (Å²) < 4.78 is 3.96. The monoisotopic (exact) mass is 590 g/mol. The van der Waals surface area contributed by atoms with Crippen LogP contribution in [-0.2, 0) is 0 Å². The summed E-state index contributed by atoms with van der Waals surface area (Å²) in [6.45, 7) is 0. The van der Waals surface area contributed by atoms with Crippen molar-refractivity contribution >= 4 is 0 Å². The zero-order chi connectivity index (χ0) is 30.7. The van der Waals surface area contributed by atoms with Gasteiger partial charge in [0.2, 0.25) is 0 Å². The Morgan fingerprint density at radius 3 is 0.957 bits per heavy atom. The third-order valence-corrected chi connectivity index (χ3v) is 8.29. The Bertz CT molecular complexity index is 2070. The summed E-state index contributed by atoms with van der Waals surface area (Å²) in [4.78, 5) is 0. The van der Waals surface area contributed by atoms with E-state index in [-0.39, 0.29) is 0 Å². The van der Waals surface area contributed by atoms with Gasteiger partial charge in [-0.2, -0.15) is 10.2 Å². The molecule has 0 atom stereocenters. The largest absolute Gasteiger partial charge is 0.240 e. The van der Waals surface area contributed by atoms with Crippen molar-refractivity contribution in [3.05, 3.63) is 182 Å². The molecule has 0 aliphatic rings. The first-order valence-corrected chi connectivity index (χ1v) is 15.4. The first-order valence-electron chi connectivity index (χ1n) is 15.4. The van der Waals surface area contributed by atoms with Gasteiger partial charge in [0.05, 0.1) is 11.4 Å². The normalized spacial score (nSPS) is 11.0. The molecule has 6 aromatic carbocycles. The molecule has 0 N–H and O–H groups in total. The lowest BCUT2D eigenvalue weighted by Crippen LogP contribution is -1.96. The van der Waals surface area contributed by atoms with Crippen molar-refractivity contribution in [3.8, 4) is 67.3 Å². The van der Waals surface area contributed by atoms with Crippen LogP contribution in [0.25, 0.3) is 67.3 Å². The molecule has 0 amide bonds. The highest BCUT2D eigenvalue weighted by molar-refractivity contribution is 5.96. The highest BCUT2D eigenvalue weighted by Gasteiger charge is 2.22. The van der Waals surface area contributed by atoms with E-state index >= 15 is 0 Å². The van der Waals surface area contributed by atoms with Crippen LogP contribution in [0, 0.1) is 0 Å². The predicted octanol–water partition coefficient (Wildman–Crippen LogP) is 10.4. The highest BCUT2D eigenvalue weighted by atomic mass is 15.3. The summed E-state index contributed by atoms with van der Waals surface area (Å²) in [7, 11) is 0. The molecule has 0 bridgehead atoms. The van der Waals surface area contributed by atoms with E-state index in [1.165, 1.54) is 0 Å². The number of nitrogens with zero attached hydrogens (tertiary/aromatic N) is 4. The molecule has 0 fully saturated rings. The van der Waals surface area contributed by atoms with Crippen LogP contribution in [0.3, 0.4) is 0 Å². The van der Waals surface area contributed by atoms with Crippen molar-refractivity contribution in [2.75, 3.05) is 0 Å². The van der Waals surface area contributed by atoms with Gasteiger partial charge in [-0.25, -0.2) is 9.36 Å². The summed E-state index contributed by atoms with van der Waals surface area (Å²) in [5, 5.41) is 10.4. The van der Waals surface area contributed by atoms with Gasteiger partial charge >= 0.3 is 0 Å². The minimum absolute atomic E-state index is 0.929. The van der Waals surface area contributed by atoms with Crippen molar-refractivity contribution in [2.24, 2.45) is 0 Å². The predicted molar refractivity (Wildman–Crippen MR) is 188 cm³/mol. The lowest BCUT2D eigenvalue weighted by atomic mass is 9.89. The second-order valence-electron chi connectivity index (χ2n) is 11.2. The van der Waals surface area contributed by atoms with E-state index in [1.807, 2.05) is 57.9 Å². The molecule has 2 heterocycles. The van der Waals surface area contributed by atoms with Crippen LogP contribution in [-0.4, -0.2) is 19.6 Å². The molecular formula is C42H30N4. The Morgan fingerprint density at radius 1 is 0.283 bits per heavy atom. The first-order chi connectivity index (χ1) is 22.8. The molecule has 46 heavy (non-hydrogen) atoms. The SMILES string of the molecule is c1ccc(-c2cn(-c3ccccc3)nc2-c2ccccc2-c2ccccc2-c2nn(-c3ccccc3)cc2-c2ccccc2)cc1. The maximum Gasteiger partial charge on any atom is 0.101 e. The van der Waals surface area contributed by atoms with Crippen molar-refractivity contribution < 1.29 is 0 Å². The fourth-order valence-electron chi connectivity index (χ4n) is 6.08. The van der Waals surface area contributed by atoms with E-state index in [0.717, 1.165) is 67.3 Å². The third-order valence-electron chi connectivity index (χ3n) is 8.29. The van der Waals surface area contributed by atoms with Crippen molar-refractivity contribution in [3.63, 3.8) is 0 Å². The summed E-state index contributed by atoms with van der Waals surface area (Å²) in [6.07, 6.45) is 4.27. The van der Waals surface area contributed by atoms with E-state index in [4.69, 9.17) is 10.2 Å². The number of aromatic nitrogens is 4. The van der Waals surface area contributed by atoms with Crippen LogP contribution in [0.15, 0.2) is 182 Å². The molecule has 218 valence electrons. The van der Waals surface area contributed by atoms with Crippen LogP contribution in [0.4, 0.5) is 0 Å². The molecule has 0 unspecified atom stereocenters. The van der Waals surface area contributed by atoms with E-state index in [1.54, 1.807) is 0 Å². The average molecular weight is 591 g/mol. The van der Waals surface area contributed by atoms with Crippen LogP contribution >= 0.6 is 0 Å². The lowest BCUT2D eigenvalue weighted by Gasteiger charge is -2.14. The molecule has 4 nitrogen and oxygen atoms in total. The van der Waals surface area contributed by atoms with Crippen molar-refractivity contribution in [2.45, 2.75) is 0 Å². The Kier molecular flexibility index (Phi) is 7.14. The molecule has 0 aliphatic heterocycles. The maximum absolute atomic E-state index is 5.22. The quantitative estimate of drug-likeness (QED) is 0.185. The second kappa shape index (κ2) is 12.0. The Balaban J connectivity index is 1.34. The Morgan fingerprint density at radius 2 is 0.587 bits per heavy atom. The van der Waals surface area contributed by atoms with Gasteiger partial charge in [0.1, 0.15) is 11.4 Å². The van der Waals surface area contributed by atoms with E-state index in [9.17, 15) is 0 Å². The van der Waals surface area contributed by atoms with Crippen molar-refractivity contribution in [1.82, 2.24) is 19.6 Å². The fraction of sp³-hybridized carbons (Fsp3) is 0. The molecule has 8 aromatic rings. The molecule has 0 saturated heterocycles. The summed E-state index contributed by atoms with van der Waals surface area (Å²) in [5.41, 5.74) is 12.6. The van der Waals surface area contributed by atoms with Gasteiger partial charge < -0.3 is 0 Å². The topological polar surface area (TPSA) is 35.6 Å². The zero-order valence-corrected chi connectivity index (χ0v) is 25.1. The smallest absolute Gasteiger partial charge is 0.101 e. The van der Waals surface area contributed by atoms with Gasteiger partial charge in [0, 0.05) is 34.6 Å². The van der Waals surface area contributed by atoms with Crippen LogP contribution < -0.4 is 0 Å². The van der Waals surface area contributed by atoms with E-state index in [0.29, 0.717) is 0 Å². The number of hydrogen-bond acceptors (Lipinski definition) is 2. The standard InChI is InChI=1S/C42H30N4/c1-5-17-31(18-6-1)39-29-45(33-21-9-3-10-22-33)43-41(39)37-27-15-13-25-35(37)36-26-14-16-28-38(36)42-40(32-19-7-2-8-20-32)30-46(44-42)34-23-11-4-12-24-34/h1-30H. The summed E-state index contributed by atoms with van der Waals surface area (Å²) in [5.74, 6) is 0. The molecule has 4 heteroatoms. The van der Waals surface area contributed by atoms with Crippen LogP contribution in [0.1, 0.15) is 0 Å². The molecule has 0 saturated carbocycles. The van der Waals surface area contributed by atoms with E-state index in [2.05, 4.69) is 134 Å². The summed E-state index contributed by atoms with van der Waals surface area (Å²) in [6, 6.07) is 58.7. The van der Waals surface area contributed by atoms with Crippen LogP contribution in [0.5, 0.6) is 0 Å². The van der Waals surface area contributed by atoms with Gasteiger partial charge in [0.15, 0.2) is 0 Å². The summed E-state index contributed by atoms with van der Waals surface area (Å²) >= 11 is 0. The third kappa shape index (κ3) is 5.12. The molecule has 0 radical (unpaired) electrons. The molecule has 0 spiro atoms. The second-order valence-corrected chi connectivity index (χ2v) is 11.2. The average Bonchev–Trinajstić information content (AvgIpc) is 3.79. The fourth-order valence-corrected chi connectivity index (χ4v) is 6.08. The van der Waals surface area contributed by atoms with Crippen molar-refractivity contribution in [1.29, 1.82) is 0 Å². The van der Waals surface area contributed by atoms with Gasteiger partial charge in [-0.1, -0.05) is 146 Å². The van der Waals surface area contributed by atoms with Gasteiger partial charge in [-0.05, 0) is 46.5 Å². The minimum Gasteiger partial charge on any atom is -0.240 e. The van der Waals surface area contributed by atoms with Gasteiger partial charge in [0.25, 0.3) is 0 Å². The molecular weight excluding hydrogens is 560 g/mol. The number of benzene rings is 6. The van der Waals surface area contributed by atoms with Gasteiger partial charge in [-0.15, -0.1) is 0 Å². The number of para-hydroxylation sites is 2. The number of hydrogen-bond donors (Lipinski definition) is 0. The zero-order valence-electron chi connectivity index (χ0n) is 25.1. The lowest BCUT2D eigenvalue weighted by molar-refractivity contribution is 0.884. The van der Waals surface area contributed by atoms with E-state index < -0.39 is 0 Å². The Labute approximate surface area is 268 Å².